The van der Waals surface area contributed by atoms with Gasteiger partial charge < -0.3 is 9.64 Å². The van der Waals surface area contributed by atoms with Gasteiger partial charge in [0.1, 0.15) is 0 Å². The molecule has 2 aliphatic heterocycles. The SMILES string of the molecule is Cn1cc([C@H]2COC3(CCN(CC4CC4)CC3)C2)cn1. The lowest BCUT2D eigenvalue weighted by molar-refractivity contribution is -0.0440. The molecule has 0 aromatic carbocycles. The molecule has 110 valence electrons. The van der Waals surface area contributed by atoms with Gasteiger partial charge in [-0.05, 0) is 43.6 Å². The molecule has 0 bridgehead atoms. The molecule has 1 spiro atoms. The Bertz CT molecular complexity index is 472. The molecule has 1 atom stereocenters. The maximum Gasteiger partial charge on any atom is 0.0713 e. The second-order valence-electron chi connectivity index (χ2n) is 7.09. The lowest BCUT2D eigenvalue weighted by Crippen LogP contribution is -2.44. The van der Waals surface area contributed by atoms with E-state index in [1.54, 1.807) is 0 Å². The van der Waals surface area contributed by atoms with Crippen LogP contribution < -0.4 is 0 Å². The van der Waals surface area contributed by atoms with Gasteiger partial charge in [-0.15, -0.1) is 0 Å². The molecule has 3 fully saturated rings. The molecule has 0 N–H and O–H groups in total. The van der Waals surface area contributed by atoms with Gasteiger partial charge in [-0.1, -0.05) is 0 Å². The fourth-order valence-electron chi connectivity index (χ4n) is 3.87. The number of hydrogen-bond donors (Lipinski definition) is 0. The van der Waals surface area contributed by atoms with Gasteiger partial charge in [-0.25, -0.2) is 0 Å². The second kappa shape index (κ2) is 4.85. The van der Waals surface area contributed by atoms with Gasteiger partial charge in [-0.3, -0.25) is 4.68 Å². The Balaban J connectivity index is 1.35. The highest BCUT2D eigenvalue weighted by Gasteiger charge is 2.43. The van der Waals surface area contributed by atoms with E-state index in [0.29, 0.717) is 5.92 Å². The van der Waals surface area contributed by atoms with E-state index < -0.39 is 0 Å². The monoisotopic (exact) mass is 275 g/mol. The highest BCUT2D eigenvalue weighted by Crippen LogP contribution is 2.43. The predicted octanol–water partition coefficient (Wildman–Crippen LogP) is 2.17. The third-order valence-corrected chi connectivity index (χ3v) is 5.39. The van der Waals surface area contributed by atoms with Crippen LogP contribution in [-0.4, -0.2) is 46.5 Å². The van der Waals surface area contributed by atoms with E-state index in [4.69, 9.17) is 4.74 Å². The number of aryl methyl sites for hydroxylation is 1. The maximum atomic E-state index is 6.26. The highest BCUT2D eigenvalue weighted by molar-refractivity contribution is 5.15. The van der Waals surface area contributed by atoms with Crippen molar-refractivity contribution in [2.75, 3.05) is 26.2 Å². The minimum Gasteiger partial charge on any atom is -0.374 e. The number of hydrogen-bond acceptors (Lipinski definition) is 3. The molecule has 0 amide bonds. The molecule has 4 heteroatoms. The van der Waals surface area contributed by atoms with Crippen LogP contribution >= 0.6 is 0 Å². The van der Waals surface area contributed by atoms with Crippen LogP contribution in [0, 0.1) is 5.92 Å². The van der Waals surface area contributed by atoms with Crippen LogP contribution in [-0.2, 0) is 11.8 Å². The molecule has 1 aromatic rings. The van der Waals surface area contributed by atoms with Crippen LogP contribution in [0.15, 0.2) is 12.4 Å². The standard InChI is InChI=1S/C16H25N3O/c1-18-11-15(9-17-18)14-8-16(20-12-14)4-6-19(7-5-16)10-13-2-3-13/h9,11,13-14H,2-8,10,12H2,1H3/t14-/m1/s1. The number of rotatable bonds is 3. The van der Waals surface area contributed by atoms with Crippen molar-refractivity contribution in [2.45, 2.75) is 43.6 Å². The van der Waals surface area contributed by atoms with E-state index in [2.05, 4.69) is 16.2 Å². The summed E-state index contributed by atoms with van der Waals surface area (Å²) in [6.45, 7) is 4.68. The van der Waals surface area contributed by atoms with Crippen LogP contribution in [0.2, 0.25) is 0 Å². The summed E-state index contributed by atoms with van der Waals surface area (Å²) in [6.07, 6.45) is 10.7. The van der Waals surface area contributed by atoms with E-state index in [0.717, 1.165) is 12.5 Å². The average Bonchev–Trinajstić information content (AvgIpc) is 3.00. The summed E-state index contributed by atoms with van der Waals surface area (Å²) in [4.78, 5) is 2.66. The zero-order valence-electron chi connectivity index (χ0n) is 12.4. The van der Waals surface area contributed by atoms with Crippen LogP contribution in [0.4, 0.5) is 0 Å². The highest BCUT2D eigenvalue weighted by atomic mass is 16.5. The zero-order chi connectivity index (χ0) is 13.6. The molecule has 1 aliphatic carbocycles. The van der Waals surface area contributed by atoms with Gasteiger partial charge in [0.05, 0.1) is 18.4 Å². The molecule has 2 saturated heterocycles. The summed E-state index contributed by atoms with van der Waals surface area (Å²) in [7, 11) is 1.99. The zero-order valence-corrected chi connectivity index (χ0v) is 12.4. The fraction of sp³-hybridized carbons (Fsp3) is 0.812. The molecule has 3 aliphatic rings. The first-order chi connectivity index (χ1) is 9.72. The van der Waals surface area contributed by atoms with Crippen LogP contribution in [0.5, 0.6) is 0 Å². The summed E-state index contributed by atoms with van der Waals surface area (Å²) in [5, 5.41) is 4.30. The van der Waals surface area contributed by atoms with Crippen molar-refractivity contribution in [3.8, 4) is 0 Å². The Morgan fingerprint density at radius 1 is 1.35 bits per heavy atom. The average molecular weight is 275 g/mol. The third-order valence-electron chi connectivity index (χ3n) is 5.39. The molecule has 3 heterocycles. The van der Waals surface area contributed by atoms with Crippen molar-refractivity contribution in [3.05, 3.63) is 18.0 Å². The molecule has 4 nitrogen and oxygen atoms in total. The van der Waals surface area contributed by atoms with Crippen molar-refractivity contribution in [1.82, 2.24) is 14.7 Å². The second-order valence-corrected chi connectivity index (χ2v) is 7.09. The summed E-state index contributed by atoms with van der Waals surface area (Å²) in [5.41, 5.74) is 1.52. The first-order valence-electron chi connectivity index (χ1n) is 8.07. The van der Waals surface area contributed by atoms with Crippen LogP contribution in [0.25, 0.3) is 0 Å². The van der Waals surface area contributed by atoms with Crippen LogP contribution in [0.1, 0.15) is 43.6 Å². The molecule has 1 aromatic heterocycles. The van der Waals surface area contributed by atoms with Crippen LogP contribution in [0.3, 0.4) is 0 Å². The topological polar surface area (TPSA) is 30.3 Å². The van der Waals surface area contributed by atoms with Crippen molar-refractivity contribution in [1.29, 1.82) is 0 Å². The van der Waals surface area contributed by atoms with E-state index in [9.17, 15) is 0 Å². The van der Waals surface area contributed by atoms with Gasteiger partial charge in [0.25, 0.3) is 0 Å². The summed E-state index contributed by atoms with van der Waals surface area (Å²) >= 11 is 0. The number of aromatic nitrogens is 2. The van der Waals surface area contributed by atoms with Gasteiger partial charge in [-0.2, -0.15) is 5.10 Å². The van der Waals surface area contributed by atoms with E-state index in [-0.39, 0.29) is 5.60 Å². The number of likely N-dealkylation sites (tertiary alicyclic amines) is 1. The number of ether oxygens (including phenoxy) is 1. The summed E-state index contributed by atoms with van der Waals surface area (Å²) in [5.74, 6) is 1.57. The summed E-state index contributed by atoms with van der Waals surface area (Å²) in [6, 6.07) is 0. The Morgan fingerprint density at radius 2 is 2.15 bits per heavy atom. The third kappa shape index (κ3) is 2.51. The lowest BCUT2D eigenvalue weighted by atomic mass is 9.84. The van der Waals surface area contributed by atoms with Gasteiger partial charge >= 0.3 is 0 Å². The number of nitrogens with zero attached hydrogens (tertiary/aromatic N) is 3. The van der Waals surface area contributed by atoms with E-state index >= 15 is 0 Å². The van der Waals surface area contributed by atoms with Crippen molar-refractivity contribution in [2.24, 2.45) is 13.0 Å². The Morgan fingerprint density at radius 3 is 2.80 bits per heavy atom. The predicted molar refractivity (Wildman–Crippen MR) is 77.6 cm³/mol. The quantitative estimate of drug-likeness (QED) is 0.847. The minimum atomic E-state index is 0.167. The molecule has 20 heavy (non-hydrogen) atoms. The van der Waals surface area contributed by atoms with Crippen molar-refractivity contribution in [3.63, 3.8) is 0 Å². The lowest BCUT2D eigenvalue weighted by Gasteiger charge is -2.38. The number of piperidine rings is 1. The molecular formula is C16H25N3O. The minimum absolute atomic E-state index is 0.167. The first kappa shape index (κ1) is 12.8. The van der Waals surface area contributed by atoms with E-state index in [1.165, 1.54) is 57.3 Å². The van der Waals surface area contributed by atoms with Gasteiger partial charge in [0, 0.05) is 38.8 Å². The van der Waals surface area contributed by atoms with Gasteiger partial charge in [0.2, 0.25) is 0 Å². The Kier molecular flexibility index (Phi) is 3.11. The fourth-order valence-corrected chi connectivity index (χ4v) is 3.87. The largest absolute Gasteiger partial charge is 0.374 e. The first-order valence-corrected chi connectivity index (χ1v) is 8.07. The molecule has 0 radical (unpaired) electrons. The summed E-state index contributed by atoms with van der Waals surface area (Å²) < 4.78 is 8.16. The maximum absolute atomic E-state index is 6.26. The molecular weight excluding hydrogens is 250 g/mol. The van der Waals surface area contributed by atoms with E-state index in [1.807, 2.05) is 17.9 Å². The Labute approximate surface area is 121 Å². The van der Waals surface area contributed by atoms with Crippen molar-refractivity contribution >= 4 is 0 Å². The normalized spacial score (nSPS) is 30.1. The molecule has 4 rings (SSSR count). The molecule has 0 unspecified atom stereocenters. The smallest absolute Gasteiger partial charge is 0.0713 e. The Hall–Kier alpha value is -0.870. The van der Waals surface area contributed by atoms with Gasteiger partial charge in [0.15, 0.2) is 0 Å². The molecule has 1 saturated carbocycles. The van der Waals surface area contributed by atoms with Crippen molar-refractivity contribution < 1.29 is 4.74 Å².